The molecule has 1 fully saturated rings. The van der Waals surface area contributed by atoms with Crippen LogP contribution in [0.1, 0.15) is 58.3 Å². The summed E-state index contributed by atoms with van der Waals surface area (Å²) in [6.45, 7) is 1.11. The van der Waals surface area contributed by atoms with E-state index in [2.05, 4.69) is 6.92 Å². The maximum Gasteiger partial charge on any atom is 0.159 e. The molecule has 17 heavy (non-hydrogen) atoms. The molecular weight excluding hydrogens is 219 g/mol. The predicted octanol–water partition coefficient (Wildman–Crippen LogP) is 3.07. The van der Waals surface area contributed by atoms with E-state index in [-0.39, 0.29) is 5.92 Å². The largest absolute Gasteiger partial charge is 0.393 e. The number of halogens is 1. The van der Waals surface area contributed by atoms with Crippen molar-refractivity contribution in [1.82, 2.24) is 0 Å². The van der Waals surface area contributed by atoms with Gasteiger partial charge in [-0.3, -0.25) is 0 Å². The van der Waals surface area contributed by atoms with E-state index in [1.165, 1.54) is 25.7 Å². The van der Waals surface area contributed by atoms with Gasteiger partial charge in [0.25, 0.3) is 0 Å². The molecule has 1 rings (SSSR count). The molecule has 3 heteroatoms. The first-order valence-electron chi connectivity index (χ1n) is 7.07. The number of rotatable bonds is 7. The van der Waals surface area contributed by atoms with Crippen molar-refractivity contribution in [1.29, 1.82) is 0 Å². The molecule has 0 saturated heterocycles. The van der Waals surface area contributed by atoms with E-state index in [9.17, 15) is 4.39 Å². The Labute approximate surface area is 104 Å². The minimum atomic E-state index is -1.76. The van der Waals surface area contributed by atoms with Gasteiger partial charge in [-0.15, -0.1) is 0 Å². The highest BCUT2D eigenvalue weighted by Crippen LogP contribution is 2.39. The molecule has 2 nitrogen and oxygen atoms in total. The fraction of sp³-hybridized carbons (Fsp3) is 1.00. The van der Waals surface area contributed by atoms with Crippen molar-refractivity contribution in [2.75, 3.05) is 13.2 Å². The van der Waals surface area contributed by atoms with Gasteiger partial charge >= 0.3 is 0 Å². The molecule has 0 heterocycles. The number of aliphatic hydroxyl groups is 2. The Morgan fingerprint density at radius 2 is 1.65 bits per heavy atom. The normalized spacial score (nSPS) is 26.1. The summed E-state index contributed by atoms with van der Waals surface area (Å²) in [5.41, 5.74) is -1.76. The summed E-state index contributed by atoms with van der Waals surface area (Å²) in [6, 6.07) is 0. The van der Waals surface area contributed by atoms with Gasteiger partial charge in [0.1, 0.15) is 0 Å². The number of aliphatic hydroxyl groups excluding tert-OH is 2. The number of unbranched alkanes of at least 4 members (excludes halogenated alkanes) is 2. The van der Waals surface area contributed by atoms with Crippen molar-refractivity contribution >= 4 is 0 Å². The van der Waals surface area contributed by atoms with Crippen molar-refractivity contribution in [3.05, 3.63) is 0 Å². The Bertz CT molecular complexity index is 196. The van der Waals surface area contributed by atoms with Crippen LogP contribution in [-0.2, 0) is 0 Å². The lowest BCUT2D eigenvalue weighted by molar-refractivity contribution is -0.0456. The Balaban J connectivity index is 2.30. The molecule has 1 aliphatic carbocycles. The van der Waals surface area contributed by atoms with Gasteiger partial charge in [-0.2, -0.15) is 0 Å². The van der Waals surface area contributed by atoms with Crippen molar-refractivity contribution in [2.45, 2.75) is 64.0 Å². The smallest absolute Gasteiger partial charge is 0.159 e. The second-order valence-corrected chi connectivity index (χ2v) is 5.56. The maximum absolute atomic E-state index is 14.1. The minimum absolute atomic E-state index is 0.153. The summed E-state index contributed by atoms with van der Waals surface area (Å²) in [6.07, 6.45) is 8.83. The lowest BCUT2D eigenvalue weighted by Crippen LogP contribution is -2.42. The van der Waals surface area contributed by atoms with Gasteiger partial charge in [-0.1, -0.05) is 45.4 Å². The summed E-state index contributed by atoms with van der Waals surface area (Å²) in [7, 11) is 0. The molecule has 2 N–H and O–H groups in total. The van der Waals surface area contributed by atoms with Crippen LogP contribution in [0.25, 0.3) is 0 Å². The second-order valence-electron chi connectivity index (χ2n) is 5.56. The van der Waals surface area contributed by atoms with Crippen LogP contribution in [0.3, 0.4) is 0 Å². The average Bonchev–Trinajstić information content (AvgIpc) is 2.39. The summed E-state index contributed by atoms with van der Waals surface area (Å²) in [5.74, 6) is 0.583. The van der Waals surface area contributed by atoms with Gasteiger partial charge in [0, 0.05) is 0 Å². The SMILES string of the molecule is CCCCCC1CCC(C(F)(CO)CO)CC1. The van der Waals surface area contributed by atoms with E-state index in [1.54, 1.807) is 0 Å². The zero-order valence-corrected chi connectivity index (χ0v) is 11.0. The van der Waals surface area contributed by atoms with Crippen molar-refractivity contribution in [3.8, 4) is 0 Å². The van der Waals surface area contributed by atoms with Gasteiger partial charge in [-0.25, -0.2) is 4.39 Å². The molecule has 1 saturated carbocycles. The molecule has 0 atom stereocenters. The molecule has 0 aromatic rings. The van der Waals surface area contributed by atoms with Gasteiger partial charge in [-0.05, 0) is 24.7 Å². The first-order chi connectivity index (χ1) is 8.16. The molecule has 0 aromatic carbocycles. The van der Waals surface area contributed by atoms with Crippen LogP contribution in [0.5, 0.6) is 0 Å². The predicted molar refractivity (Wildman–Crippen MR) is 67.6 cm³/mol. The first kappa shape index (κ1) is 14.9. The summed E-state index contributed by atoms with van der Waals surface area (Å²) >= 11 is 0. The fourth-order valence-electron chi connectivity index (χ4n) is 2.96. The van der Waals surface area contributed by atoms with Crippen LogP contribution < -0.4 is 0 Å². The number of hydrogen-bond acceptors (Lipinski definition) is 2. The molecular formula is C14H27FO2. The zero-order chi connectivity index (χ0) is 12.7. The third-order valence-corrected chi connectivity index (χ3v) is 4.32. The fourth-order valence-corrected chi connectivity index (χ4v) is 2.96. The van der Waals surface area contributed by atoms with E-state index >= 15 is 0 Å². The van der Waals surface area contributed by atoms with Crippen molar-refractivity contribution in [3.63, 3.8) is 0 Å². The highest BCUT2D eigenvalue weighted by Gasteiger charge is 2.39. The van der Waals surface area contributed by atoms with E-state index in [0.717, 1.165) is 31.6 Å². The standard InChI is InChI=1S/C14H27FO2/c1-2-3-4-5-12-6-8-13(9-7-12)14(15,10-16)11-17/h12-13,16-17H,2-11H2,1H3. The minimum Gasteiger partial charge on any atom is -0.393 e. The van der Waals surface area contributed by atoms with Crippen LogP contribution in [-0.4, -0.2) is 29.1 Å². The highest BCUT2D eigenvalue weighted by molar-refractivity contribution is 4.89. The van der Waals surface area contributed by atoms with Crippen LogP contribution in [0.4, 0.5) is 4.39 Å². The molecule has 102 valence electrons. The maximum atomic E-state index is 14.1. The Kier molecular flexibility index (Phi) is 6.42. The highest BCUT2D eigenvalue weighted by atomic mass is 19.1. The van der Waals surface area contributed by atoms with Crippen molar-refractivity contribution in [2.24, 2.45) is 11.8 Å². The molecule has 0 spiro atoms. The molecule has 0 radical (unpaired) electrons. The van der Waals surface area contributed by atoms with Crippen LogP contribution >= 0.6 is 0 Å². The second kappa shape index (κ2) is 7.32. The topological polar surface area (TPSA) is 40.5 Å². The van der Waals surface area contributed by atoms with Crippen LogP contribution in [0, 0.1) is 11.8 Å². The van der Waals surface area contributed by atoms with Gasteiger partial charge < -0.3 is 10.2 Å². The van der Waals surface area contributed by atoms with E-state index in [4.69, 9.17) is 10.2 Å². The quantitative estimate of drug-likeness (QED) is 0.678. The summed E-state index contributed by atoms with van der Waals surface area (Å²) in [5, 5.41) is 18.1. The Morgan fingerprint density at radius 3 is 2.12 bits per heavy atom. The molecule has 0 aromatic heterocycles. The van der Waals surface area contributed by atoms with Crippen LogP contribution in [0.15, 0.2) is 0 Å². The molecule has 0 amide bonds. The molecule has 1 aliphatic rings. The van der Waals surface area contributed by atoms with E-state index in [1.807, 2.05) is 0 Å². The lowest BCUT2D eigenvalue weighted by atomic mass is 9.73. The van der Waals surface area contributed by atoms with E-state index in [0.29, 0.717) is 0 Å². The number of hydrogen-bond donors (Lipinski definition) is 2. The Morgan fingerprint density at radius 1 is 1.06 bits per heavy atom. The molecule has 0 bridgehead atoms. The summed E-state index contributed by atoms with van der Waals surface area (Å²) in [4.78, 5) is 0. The average molecular weight is 246 g/mol. The van der Waals surface area contributed by atoms with E-state index < -0.39 is 18.9 Å². The molecule has 0 unspecified atom stereocenters. The Hall–Kier alpha value is -0.150. The first-order valence-corrected chi connectivity index (χ1v) is 7.07. The van der Waals surface area contributed by atoms with Gasteiger partial charge in [0.15, 0.2) is 5.67 Å². The summed E-state index contributed by atoms with van der Waals surface area (Å²) < 4.78 is 14.1. The third kappa shape index (κ3) is 4.22. The molecule has 0 aliphatic heterocycles. The van der Waals surface area contributed by atoms with Crippen LogP contribution in [0.2, 0.25) is 0 Å². The number of alkyl halides is 1. The van der Waals surface area contributed by atoms with Gasteiger partial charge in [0.2, 0.25) is 0 Å². The monoisotopic (exact) mass is 246 g/mol. The van der Waals surface area contributed by atoms with Crippen molar-refractivity contribution < 1.29 is 14.6 Å². The van der Waals surface area contributed by atoms with Gasteiger partial charge in [0.05, 0.1) is 13.2 Å². The zero-order valence-electron chi connectivity index (χ0n) is 11.0. The third-order valence-electron chi connectivity index (χ3n) is 4.32. The lowest BCUT2D eigenvalue weighted by Gasteiger charge is -2.36.